The summed E-state index contributed by atoms with van der Waals surface area (Å²) >= 11 is 5.66. The van der Waals surface area contributed by atoms with Gasteiger partial charge in [-0.05, 0) is 45.3 Å². The first kappa shape index (κ1) is 22.2. The zero-order chi connectivity index (χ0) is 19.9. The third-order valence-electron chi connectivity index (χ3n) is 3.60. The van der Waals surface area contributed by atoms with Crippen LogP contribution in [0.3, 0.4) is 0 Å². The molecule has 0 radical (unpaired) electrons. The van der Waals surface area contributed by atoms with Crippen LogP contribution in [0.1, 0.15) is 25.3 Å². The van der Waals surface area contributed by atoms with Gasteiger partial charge in [-0.25, -0.2) is 0 Å². The van der Waals surface area contributed by atoms with E-state index in [-0.39, 0.29) is 29.6 Å². The Bertz CT molecular complexity index is 636. The summed E-state index contributed by atoms with van der Waals surface area (Å²) in [4.78, 5) is 26.6. The van der Waals surface area contributed by atoms with E-state index in [1.165, 1.54) is 6.07 Å². The van der Waals surface area contributed by atoms with Gasteiger partial charge in [-0.2, -0.15) is 13.2 Å². The van der Waals surface area contributed by atoms with Crippen LogP contribution in [0.25, 0.3) is 0 Å². The van der Waals surface area contributed by atoms with Gasteiger partial charge in [-0.15, -0.1) is 0 Å². The minimum Gasteiger partial charge on any atom is -0.356 e. The van der Waals surface area contributed by atoms with Crippen LogP contribution >= 0.6 is 11.6 Å². The minimum atomic E-state index is -4.66. The molecular weight excluding hydrogens is 371 g/mol. The van der Waals surface area contributed by atoms with Crippen molar-refractivity contribution in [1.29, 1.82) is 0 Å². The van der Waals surface area contributed by atoms with E-state index in [9.17, 15) is 22.8 Å². The van der Waals surface area contributed by atoms with Crippen LogP contribution in [0.2, 0.25) is 5.02 Å². The Morgan fingerprint density at radius 1 is 1.19 bits per heavy atom. The summed E-state index contributed by atoms with van der Waals surface area (Å²) in [6.07, 6.45) is -4.01. The number of rotatable bonds is 8. The third kappa shape index (κ3) is 7.21. The highest BCUT2D eigenvalue weighted by atomic mass is 35.5. The van der Waals surface area contributed by atoms with E-state index in [0.717, 1.165) is 36.9 Å². The van der Waals surface area contributed by atoms with Crippen LogP contribution < -0.4 is 10.2 Å². The lowest BCUT2D eigenvalue weighted by molar-refractivity contribution is -0.137. The van der Waals surface area contributed by atoms with E-state index < -0.39 is 17.6 Å². The molecule has 0 aliphatic rings. The molecule has 0 aliphatic carbocycles. The highest BCUT2D eigenvalue weighted by Gasteiger charge is 2.36. The number of benzene rings is 1. The van der Waals surface area contributed by atoms with Crippen molar-refractivity contribution in [3.8, 4) is 0 Å². The number of alkyl halides is 3. The summed E-state index contributed by atoms with van der Waals surface area (Å²) in [5.41, 5.74) is -1.32. The molecule has 0 heterocycles. The number of halogens is 4. The van der Waals surface area contributed by atoms with Crippen LogP contribution in [0.15, 0.2) is 18.2 Å². The Morgan fingerprint density at radius 3 is 2.38 bits per heavy atom. The van der Waals surface area contributed by atoms with Crippen LogP contribution in [0.4, 0.5) is 18.9 Å². The Balaban J connectivity index is 2.79. The first-order valence-corrected chi connectivity index (χ1v) is 8.46. The molecule has 0 spiro atoms. The van der Waals surface area contributed by atoms with E-state index in [1.54, 1.807) is 0 Å². The van der Waals surface area contributed by atoms with E-state index in [1.807, 2.05) is 19.0 Å². The molecule has 146 valence electrons. The summed E-state index contributed by atoms with van der Waals surface area (Å²) in [6.45, 7) is 2.27. The fourth-order valence-electron chi connectivity index (χ4n) is 2.34. The number of nitrogens with one attached hydrogen (secondary N) is 1. The lowest BCUT2D eigenvalue weighted by atomic mass is 10.1. The van der Waals surface area contributed by atoms with E-state index >= 15 is 0 Å². The normalized spacial score (nSPS) is 11.5. The van der Waals surface area contributed by atoms with Gasteiger partial charge in [0.2, 0.25) is 11.8 Å². The number of nitrogens with zero attached hydrogens (tertiary/aromatic N) is 2. The second kappa shape index (κ2) is 9.78. The fraction of sp³-hybridized carbons (Fsp3) is 0.529. The van der Waals surface area contributed by atoms with Crippen molar-refractivity contribution >= 4 is 29.1 Å². The van der Waals surface area contributed by atoms with Crippen LogP contribution in [0.5, 0.6) is 0 Å². The second-order valence-corrected chi connectivity index (χ2v) is 6.52. The van der Waals surface area contributed by atoms with Gasteiger partial charge in [0.05, 0.1) is 11.3 Å². The average molecular weight is 394 g/mol. The van der Waals surface area contributed by atoms with Crippen LogP contribution in [0, 0.1) is 0 Å². The summed E-state index contributed by atoms with van der Waals surface area (Å²) in [5.74, 6) is -0.907. The molecule has 9 heteroatoms. The molecule has 0 bridgehead atoms. The van der Waals surface area contributed by atoms with E-state index in [0.29, 0.717) is 6.54 Å². The van der Waals surface area contributed by atoms with Gasteiger partial charge in [0, 0.05) is 31.5 Å². The lowest BCUT2D eigenvalue weighted by Gasteiger charge is -2.25. The zero-order valence-corrected chi connectivity index (χ0v) is 15.7. The molecule has 0 atom stereocenters. The molecule has 1 rings (SSSR count). The molecule has 26 heavy (non-hydrogen) atoms. The van der Waals surface area contributed by atoms with Gasteiger partial charge in [0.25, 0.3) is 0 Å². The number of carbonyl (C=O) groups excluding carboxylic acids is 2. The zero-order valence-electron chi connectivity index (χ0n) is 15.0. The lowest BCUT2D eigenvalue weighted by Crippen LogP contribution is -2.35. The van der Waals surface area contributed by atoms with Crippen molar-refractivity contribution in [2.24, 2.45) is 0 Å². The summed E-state index contributed by atoms with van der Waals surface area (Å²) in [7, 11) is 3.83. The molecule has 0 saturated carbocycles. The molecule has 5 nitrogen and oxygen atoms in total. The Kier molecular flexibility index (Phi) is 8.36. The highest BCUT2D eigenvalue weighted by molar-refractivity contribution is 6.30. The predicted molar refractivity (Wildman–Crippen MR) is 95.3 cm³/mol. The standard InChI is InChI=1S/C17H23ClF3N3O2/c1-12(25)24(10-7-16(26)22-8-4-9-23(2)3)15-6-5-13(18)11-14(15)17(19,20)21/h5-6,11H,4,7-10H2,1-3H3,(H,22,26). The summed E-state index contributed by atoms with van der Waals surface area (Å²) < 4.78 is 39.7. The molecule has 0 unspecified atom stereocenters. The topological polar surface area (TPSA) is 52.7 Å². The smallest absolute Gasteiger partial charge is 0.356 e. The predicted octanol–water partition coefficient (Wildman–Crippen LogP) is 3.17. The maximum absolute atomic E-state index is 13.2. The molecule has 2 amide bonds. The quantitative estimate of drug-likeness (QED) is 0.690. The van der Waals surface area contributed by atoms with Crippen molar-refractivity contribution in [3.63, 3.8) is 0 Å². The van der Waals surface area contributed by atoms with Gasteiger partial charge < -0.3 is 15.1 Å². The highest BCUT2D eigenvalue weighted by Crippen LogP contribution is 2.38. The molecule has 0 saturated heterocycles. The van der Waals surface area contributed by atoms with Gasteiger partial charge >= 0.3 is 6.18 Å². The van der Waals surface area contributed by atoms with Crippen molar-refractivity contribution in [2.75, 3.05) is 38.6 Å². The molecular formula is C17H23ClF3N3O2. The maximum atomic E-state index is 13.2. The SMILES string of the molecule is CC(=O)N(CCC(=O)NCCCN(C)C)c1ccc(Cl)cc1C(F)(F)F. The van der Waals surface area contributed by atoms with Crippen LogP contribution in [-0.4, -0.2) is 50.4 Å². The number of hydrogen-bond donors (Lipinski definition) is 1. The molecule has 1 aromatic carbocycles. The Labute approximate surface area is 156 Å². The first-order valence-electron chi connectivity index (χ1n) is 8.08. The molecule has 0 fully saturated rings. The number of amides is 2. The maximum Gasteiger partial charge on any atom is 0.418 e. The summed E-state index contributed by atoms with van der Waals surface area (Å²) in [5, 5.41) is 2.61. The Morgan fingerprint density at radius 2 is 1.85 bits per heavy atom. The largest absolute Gasteiger partial charge is 0.418 e. The summed E-state index contributed by atoms with van der Waals surface area (Å²) in [6, 6.07) is 3.19. The van der Waals surface area contributed by atoms with Crippen molar-refractivity contribution < 1.29 is 22.8 Å². The van der Waals surface area contributed by atoms with Crippen molar-refractivity contribution in [2.45, 2.75) is 25.9 Å². The van der Waals surface area contributed by atoms with Gasteiger partial charge in [0.15, 0.2) is 0 Å². The van der Waals surface area contributed by atoms with Crippen molar-refractivity contribution in [1.82, 2.24) is 10.2 Å². The molecule has 1 N–H and O–H groups in total. The second-order valence-electron chi connectivity index (χ2n) is 6.09. The molecule has 1 aromatic rings. The fourth-order valence-corrected chi connectivity index (χ4v) is 2.52. The molecule has 0 aromatic heterocycles. The van der Waals surface area contributed by atoms with Crippen molar-refractivity contribution in [3.05, 3.63) is 28.8 Å². The number of hydrogen-bond acceptors (Lipinski definition) is 3. The number of anilines is 1. The van der Waals surface area contributed by atoms with Crippen LogP contribution in [-0.2, 0) is 15.8 Å². The third-order valence-corrected chi connectivity index (χ3v) is 3.84. The Hall–Kier alpha value is -1.80. The van der Waals surface area contributed by atoms with Gasteiger partial charge in [-0.3, -0.25) is 9.59 Å². The average Bonchev–Trinajstić information content (AvgIpc) is 2.51. The van der Waals surface area contributed by atoms with E-state index in [2.05, 4.69) is 5.32 Å². The van der Waals surface area contributed by atoms with Gasteiger partial charge in [-0.1, -0.05) is 11.6 Å². The van der Waals surface area contributed by atoms with E-state index in [4.69, 9.17) is 11.6 Å². The van der Waals surface area contributed by atoms with Gasteiger partial charge in [0.1, 0.15) is 0 Å². The monoisotopic (exact) mass is 393 g/mol. The molecule has 0 aliphatic heterocycles. The first-order chi connectivity index (χ1) is 12.0. The number of carbonyl (C=O) groups is 2. The minimum absolute atomic E-state index is 0.0804.